The molecule has 0 atom stereocenters. The number of carbonyl (C=O) groups is 1. The van der Waals surface area contributed by atoms with E-state index in [4.69, 9.17) is 5.41 Å². The lowest BCUT2D eigenvalue weighted by Gasteiger charge is -2.08. The minimum atomic E-state index is -0.735. The van der Waals surface area contributed by atoms with Gasteiger partial charge in [-0.1, -0.05) is 28.6 Å². The number of nitrogens with one attached hydrogen (secondary N) is 1. The Kier molecular flexibility index (Phi) is 7.08. The van der Waals surface area contributed by atoms with Crippen LogP contribution in [0.3, 0.4) is 0 Å². The van der Waals surface area contributed by atoms with E-state index in [0.717, 1.165) is 10.1 Å². The Balaban J connectivity index is 5.58. The first-order valence-corrected chi connectivity index (χ1v) is 6.29. The standard InChI is InChI=1S/C14H18BrNO3/c1-8(2)11(15)7-6-9(3)13(17)12(10(4)16)14(18)19-5/h6-7,16-17H,1H2,2-5H3/b9-6+,11-7+,13-12+,16-10?. The first kappa shape index (κ1) is 17.4. The third kappa shape index (κ3) is 5.26. The van der Waals surface area contributed by atoms with Crippen LogP contribution in [0.1, 0.15) is 20.8 Å². The molecule has 0 saturated heterocycles. The lowest BCUT2D eigenvalue weighted by molar-refractivity contribution is -0.135. The summed E-state index contributed by atoms with van der Waals surface area (Å²) in [6.45, 7) is 8.64. The smallest absolute Gasteiger partial charge is 0.343 e. The fraction of sp³-hybridized carbons (Fsp3) is 0.286. The van der Waals surface area contributed by atoms with Crippen LogP contribution in [0.4, 0.5) is 0 Å². The van der Waals surface area contributed by atoms with Gasteiger partial charge in [-0.15, -0.1) is 0 Å². The highest BCUT2D eigenvalue weighted by Crippen LogP contribution is 2.18. The molecule has 0 unspecified atom stereocenters. The molecule has 0 aromatic rings. The van der Waals surface area contributed by atoms with Crippen molar-refractivity contribution in [3.63, 3.8) is 0 Å². The molecule has 5 heteroatoms. The zero-order valence-corrected chi connectivity index (χ0v) is 13.1. The molecule has 0 aliphatic carbocycles. The van der Waals surface area contributed by atoms with Crippen molar-refractivity contribution in [1.29, 1.82) is 5.41 Å². The van der Waals surface area contributed by atoms with Crippen molar-refractivity contribution in [3.8, 4) is 0 Å². The van der Waals surface area contributed by atoms with Gasteiger partial charge in [0.1, 0.15) is 11.3 Å². The molecule has 0 rings (SSSR count). The predicted molar refractivity (Wildman–Crippen MR) is 80.7 cm³/mol. The second-order valence-corrected chi connectivity index (χ2v) is 4.84. The van der Waals surface area contributed by atoms with E-state index in [2.05, 4.69) is 27.2 Å². The van der Waals surface area contributed by atoms with Crippen LogP contribution in [0.2, 0.25) is 0 Å². The molecular formula is C14H18BrNO3. The van der Waals surface area contributed by atoms with E-state index in [1.807, 2.05) is 6.92 Å². The van der Waals surface area contributed by atoms with Crippen LogP contribution in [-0.2, 0) is 9.53 Å². The van der Waals surface area contributed by atoms with Crippen molar-refractivity contribution >= 4 is 27.6 Å². The lowest BCUT2D eigenvalue weighted by atomic mass is 10.1. The van der Waals surface area contributed by atoms with Gasteiger partial charge in [0.15, 0.2) is 0 Å². The Hall–Kier alpha value is -1.62. The van der Waals surface area contributed by atoms with Gasteiger partial charge in [0.05, 0.1) is 7.11 Å². The van der Waals surface area contributed by atoms with E-state index in [1.54, 1.807) is 19.1 Å². The molecule has 0 heterocycles. The fourth-order valence-electron chi connectivity index (χ4n) is 1.15. The number of carbonyl (C=O) groups excluding carboxylic acids is 1. The van der Waals surface area contributed by atoms with Crippen molar-refractivity contribution in [1.82, 2.24) is 0 Å². The van der Waals surface area contributed by atoms with Gasteiger partial charge in [-0.25, -0.2) is 4.79 Å². The third-order valence-corrected chi connectivity index (χ3v) is 3.20. The topological polar surface area (TPSA) is 70.4 Å². The Morgan fingerprint density at radius 1 is 1.32 bits per heavy atom. The summed E-state index contributed by atoms with van der Waals surface area (Å²) in [5.41, 5.74) is 1.09. The average Bonchev–Trinajstić information content (AvgIpc) is 2.34. The Morgan fingerprint density at radius 2 is 1.84 bits per heavy atom. The summed E-state index contributed by atoms with van der Waals surface area (Å²) in [6.07, 6.45) is 3.34. The van der Waals surface area contributed by atoms with Gasteiger partial charge in [-0.05, 0) is 38.0 Å². The van der Waals surface area contributed by atoms with Crippen LogP contribution in [-0.4, -0.2) is 23.9 Å². The van der Waals surface area contributed by atoms with E-state index >= 15 is 0 Å². The molecule has 0 radical (unpaired) electrons. The van der Waals surface area contributed by atoms with Crippen molar-refractivity contribution in [2.45, 2.75) is 20.8 Å². The molecule has 0 fully saturated rings. The minimum absolute atomic E-state index is 0.0555. The summed E-state index contributed by atoms with van der Waals surface area (Å²) in [5.74, 6) is -1.00. The average molecular weight is 328 g/mol. The van der Waals surface area contributed by atoms with E-state index in [1.165, 1.54) is 14.0 Å². The maximum Gasteiger partial charge on any atom is 0.343 e. The number of esters is 1. The van der Waals surface area contributed by atoms with E-state index in [-0.39, 0.29) is 17.0 Å². The zero-order chi connectivity index (χ0) is 15.2. The van der Waals surface area contributed by atoms with Gasteiger partial charge in [-0.3, -0.25) is 0 Å². The van der Waals surface area contributed by atoms with Gasteiger partial charge in [0.25, 0.3) is 0 Å². The maximum atomic E-state index is 11.5. The Morgan fingerprint density at radius 3 is 2.21 bits per heavy atom. The van der Waals surface area contributed by atoms with Crippen LogP contribution in [0.25, 0.3) is 0 Å². The molecule has 0 aliphatic rings. The molecular weight excluding hydrogens is 310 g/mol. The summed E-state index contributed by atoms with van der Waals surface area (Å²) in [4.78, 5) is 11.5. The number of rotatable bonds is 5. The molecule has 0 aliphatic heterocycles. The molecule has 0 aromatic heterocycles. The van der Waals surface area contributed by atoms with E-state index in [0.29, 0.717) is 5.57 Å². The summed E-state index contributed by atoms with van der Waals surface area (Å²) in [7, 11) is 1.20. The largest absolute Gasteiger partial charge is 0.507 e. The number of hydrogen-bond donors (Lipinski definition) is 2. The molecule has 104 valence electrons. The Bertz CT molecular complexity index is 499. The van der Waals surface area contributed by atoms with Crippen LogP contribution >= 0.6 is 15.9 Å². The highest BCUT2D eigenvalue weighted by atomic mass is 79.9. The highest BCUT2D eigenvalue weighted by Gasteiger charge is 2.18. The number of allylic oxidation sites excluding steroid dienone is 5. The summed E-state index contributed by atoms with van der Waals surface area (Å²) >= 11 is 3.31. The predicted octanol–water partition coefficient (Wildman–Crippen LogP) is 3.81. The van der Waals surface area contributed by atoms with Crippen molar-refractivity contribution in [3.05, 3.63) is 45.7 Å². The maximum absolute atomic E-state index is 11.5. The van der Waals surface area contributed by atoms with Gasteiger partial charge < -0.3 is 15.3 Å². The van der Waals surface area contributed by atoms with E-state index < -0.39 is 5.97 Å². The number of methoxy groups -OCH3 is 1. The molecule has 2 N–H and O–H groups in total. The van der Waals surface area contributed by atoms with E-state index in [9.17, 15) is 9.90 Å². The van der Waals surface area contributed by atoms with Crippen molar-refractivity contribution in [2.24, 2.45) is 0 Å². The normalized spacial score (nSPS) is 13.7. The summed E-state index contributed by atoms with van der Waals surface area (Å²) in [5, 5.41) is 17.5. The fourth-order valence-corrected chi connectivity index (χ4v) is 1.28. The number of hydrogen-bond acceptors (Lipinski definition) is 4. The second kappa shape index (κ2) is 7.74. The van der Waals surface area contributed by atoms with Crippen LogP contribution in [0, 0.1) is 5.41 Å². The molecule has 0 amide bonds. The van der Waals surface area contributed by atoms with Crippen molar-refractivity contribution in [2.75, 3.05) is 7.11 Å². The Labute approximate surface area is 121 Å². The monoisotopic (exact) mass is 327 g/mol. The number of aliphatic hydroxyl groups is 1. The number of aliphatic hydroxyl groups excluding tert-OH is 1. The minimum Gasteiger partial charge on any atom is -0.507 e. The van der Waals surface area contributed by atoms with Crippen molar-refractivity contribution < 1.29 is 14.6 Å². The molecule has 4 nitrogen and oxygen atoms in total. The first-order valence-electron chi connectivity index (χ1n) is 5.49. The first-order chi connectivity index (χ1) is 8.72. The lowest BCUT2D eigenvalue weighted by Crippen LogP contribution is -2.14. The SMILES string of the molecule is C=C(C)\C(Br)=C/C=C(C)/C(O)=C(/C(C)=N)C(=O)OC. The quantitative estimate of drug-likeness (QED) is 0.265. The summed E-state index contributed by atoms with van der Waals surface area (Å²) < 4.78 is 5.33. The van der Waals surface area contributed by atoms with Gasteiger partial charge in [0.2, 0.25) is 0 Å². The van der Waals surface area contributed by atoms with Crippen LogP contribution < -0.4 is 0 Å². The van der Waals surface area contributed by atoms with Gasteiger partial charge in [0, 0.05) is 10.2 Å². The highest BCUT2D eigenvalue weighted by molar-refractivity contribution is 9.12. The number of ether oxygens (including phenoxy) is 1. The van der Waals surface area contributed by atoms with Crippen LogP contribution in [0.15, 0.2) is 45.7 Å². The number of halogens is 1. The molecule has 19 heavy (non-hydrogen) atoms. The summed E-state index contributed by atoms with van der Waals surface area (Å²) in [6, 6.07) is 0. The van der Waals surface area contributed by atoms with Gasteiger partial charge >= 0.3 is 5.97 Å². The molecule has 0 aromatic carbocycles. The molecule has 0 saturated carbocycles. The third-order valence-electron chi connectivity index (χ3n) is 2.26. The zero-order valence-electron chi connectivity index (χ0n) is 11.5. The molecule has 0 spiro atoms. The van der Waals surface area contributed by atoms with Gasteiger partial charge in [-0.2, -0.15) is 0 Å². The van der Waals surface area contributed by atoms with Crippen LogP contribution in [0.5, 0.6) is 0 Å². The molecule has 0 bridgehead atoms. The second-order valence-electron chi connectivity index (χ2n) is 3.98.